The molecule has 0 aromatic heterocycles. The number of hydrogen-bond acceptors (Lipinski definition) is 3. The summed E-state index contributed by atoms with van der Waals surface area (Å²) in [5, 5.41) is 13.5. The van der Waals surface area contributed by atoms with E-state index >= 15 is 0 Å². The molecule has 0 bridgehead atoms. The van der Waals surface area contributed by atoms with Gasteiger partial charge in [0.25, 0.3) is 0 Å². The van der Waals surface area contributed by atoms with Crippen LogP contribution in [0.1, 0.15) is 27.7 Å². The first kappa shape index (κ1) is 11.9. The van der Waals surface area contributed by atoms with E-state index in [0.29, 0.717) is 5.71 Å². The smallest absolute Gasteiger partial charge is 0.332 e. The van der Waals surface area contributed by atoms with E-state index in [4.69, 9.17) is 5.73 Å². The number of hydrogen-bond donors (Lipinski definition) is 3. The van der Waals surface area contributed by atoms with Gasteiger partial charge in [0.1, 0.15) is 5.60 Å². The molecule has 0 radical (unpaired) electrons. The second kappa shape index (κ2) is 4.23. The summed E-state index contributed by atoms with van der Waals surface area (Å²) < 4.78 is 0. The number of urea groups is 1. The van der Waals surface area contributed by atoms with Crippen molar-refractivity contribution < 1.29 is 9.90 Å². The van der Waals surface area contributed by atoms with Gasteiger partial charge in [0, 0.05) is 0 Å². The van der Waals surface area contributed by atoms with Gasteiger partial charge in [-0.2, -0.15) is 5.10 Å². The van der Waals surface area contributed by atoms with Gasteiger partial charge in [-0.25, -0.2) is 10.2 Å². The predicted molar refractivity (Wildman–Crippen MR) is 51.3 cm³/mol. The molecule has 2 amide bonds. The van der Waals surface area contributed by atoms with Gasteiger partial charge >= 0.3 is 6.03 Å². The Labute approximate surface area is 78.0 Å². The van der Waals surface area contributed by atoms with Crippen molar-refractivity contribution in [2.75, 3.05) is 0 Å². The Bertz CT molecular complexity index is 221. The van der Waals surface area contributed by atoms with Crippen LogP contribution in [0.3, 0.4) is 0 Å². The Morgan fingerprint density at radius 2 is 2.08 bits per heavy atom. The van der Waals surface area contributed by atoms with Crippen LogP contribution in [0.2, 0.25) is 0 Å². The van der Waals surface area contributed by atoms with Crippen LogP contribution in [0.4, 0.5) is 4.79 Å². The lowest BCUT2D eigenvalue weighted by atomic mass is 9.88. The molecule has 0 aromatic carbocycles. The van der Waals surface area contributed by atoms with Crippen molar-refractivity contribution in [3.05, 3.63) is 0 Å². The quantitative estimate of drug-likeness (QED) is 0.442. The second-order valence-corrected chi connectivity index (χ2v) is 3.48. The largest absolute Gasteiger partial charge is 0.384 e. The molecule has 1 atom stereocenters. The lowest BCUT2D eigenvalue weighted by Crippen LogP contribution is -2.40. The Morgan fingerprint density at radius 1 is 1.62 bits per heavy atom. The van der Waals surface area contributed by atoms with E-state index in [-0.39, 0.29) is 5.92 Å². The maximum atomic E-state index is 10.3. The SMILES string of the molecule is C/C(=N\NC(N)=O)C(C)(O)C(C)C. The number of carbonyl (C=O) groups is 1. The number of aliphatic hydroxyl groups is 1. The Kier molecular flexibility index (Phi) is 3.87. The summed E-state index contributed by atoms with van der Waals surface area (Å²) >= 11 is 0. The number of nitrogens with zero attached hydrogens (tertiary/aromatic N) is 1. The van der Waals surface area contributed by atoms with Crippen molar-refractivity contribution in [3.63, 3.8) is 0 Å². The molecule has 0 aliphatic heterocycles. The Hall–Kier alpha value is -1.10. The summed E-state index contributed by atoms with van der Waals surface area (Å²) in [5.74, 6) is 0.0194. The van der Waals surface area contributed by atoms with Crippen molar-refractivity contribution in [2.24, 2.45) is 16.8 Å². The van der Waals surface area contributed by atoms with Crippen LogP contribution >= 0.6 is 0 Å². The van der Waals surface area contributed by atoms with E-state index in [2.05, 4.69) is 10.5 Å². The third-order valence-corrected chi connectivity index (χ3v) is 2.19. The first-order valence-electron chi connectivity index (χ1n) is 4.11. The van der Waals surface area contributed by atoms with Gasteiger partial charge in [0.15, 0.2) is 0 Å². The number of hydrazone groups is 1. The Morgan fingerprint density at radius 3 is 2.38 bits per heavy atom. The normalized spacial score (nSPS) is 16.9. The molecule has 1 unspecified atom stereocenters. The molecule has 76 valence electrons. The minimum atomic E-state index is -1.03. The highest BCUT2D eigenvalue weighted by atomic mass is 16.3. The van der Waals surface area contributed by atoms with E-state index in [1.54, 1.807) is 13.8 Å². The minimum Gasteiger partial charge on any atom is -0.384 e. The molecule has 5 heteroatoms. The number of rotatable bonds is 3. The van der Waals surface area contributed by atoms with Crippen LogP contribution < -0.4 is 11.2 Å². The lowest BCUT2D eigenvalue weighted by Gasteiger charge is -2.27. The van der Waals surface area contributed by atoms with Crippen molar-refractivity contribution in [1.29, 1.82) is 0 Å². The van der Waals surface area contributed by atoms with Gasteiger partial charge in [0.05, 0.1) is 5.71 Å². The first-order valence-corrected chi connectivity index (χ1v) is 4.11. The number of amides is 2. The maximum Gasteiger partial charge on any atom is 0.332 e. The summed E-state index contributed by atoms with van der Waals surface area (Å²) in [4.78, 5) is 10.3. The van der Waals surface area contributed by atoms with E-state index in [1.165, 1.54) is 0 Å². The molecule has 13 heavy (non-hydrogen) atoms. The summed E-state index contributed by atoms with van der Waals surface area (Å²) in [6.07, 6.45) is 0. The van der Waals surface area contributed by atoms with Crippen molar-refractivity contribution >= 4 is 11.7 Å². The van der Waals surface area contributed by atoms with Crippen LogP contribution in [0, 0.1) is 5.92 Å². The molecule has 0 aromatic rings. The van der Waals surface area contributed by atoms with Crippen LogP contribution in [0.15, 0.2) is 5.10 Å². The molecule has 0 saturated carbocycles. The highest BCUT2D eigenvalue weighted by Crippen LogP contribution is 2.17. The number of carbonyl (C=O) groups excluding carboxylic acids is 1. The molecule has 0 aliphatic rings. The summed E-state index contributed by atoms with van der Waals surface area (Å²) in [6.45, 7) is 7.00. The van der Waals surface area contributed by atoms with Crippen LogP contribution in [-0.4, -0.2) is 22.5 Å². The highest BCUT2D eigenvalue weighted by Gasteiger charge is 2.28. The molecule has 0 aliphatic carbocycles. The zero-order valence-electron chi connectivity index (χ0n) is 8.46. The van der Waals surface area contributed by atoms with Crippen molar-refractivity contribution in [2.45, 2.75) is 33.3 Å². The van der Waals surface area contributed by atoms with Crippen LogP contribution in [0.25, 0.3) is 0 Å². The van der Waals surface area contributed by atoms with Gasteiger partial charge in [0.2, 0.25) is 0 Å². The van der Waals surface area contributed by atoms with Crippen LogP contribution in [-0.2, 0) is 0 Å². The molecular formula is C8H17N3O2. The molecule has 0 heterocycles. The predicted octanol–water partition coefficient (Wildman–Crippen LogP) is 0.438. The molecule has 0 spiro atoms. The van der Waals surface area contributed by atoms with E-state index in [1.807, 2.05) is 13.8 Å². The fraction of sp³-hybridized carbons (Fsp3) is 0.750. The number of nitrogens with two attached hydrogens (primary N) is 1. The maximum absolute atomic E-state index is 10.3. The fourth-order valence-electron chi connectivity index (χ4n) is 0.670. The number of nitrogens with one attached hydrogen (secondary N) is 1. The van der Waals surface area contributed by atoms with Crippen LogP contribution in [0.5, 0.6) is 0 Å². The second-order valence-electron chi connectivity index (χ2n) is 3.48. The fourth-order valence-corrected chi connectivity index (χ4v) is 0.670. The first-order chi connectivity index (χ1) is 5.78. The average Bonchev–Trinajstić information content (AvgIpc) is 1.99. The highest BCUT2D eigenvalue weighted by molar-refractivity contribution is 5.90. The van der Waals surface area contributed by atoms with Gasteiger partial charge < -0.3 is 10.8 Å². The number of primary amides is 1. The summed E-state index contributed by atoms with van der Waals surface area (Å²) in [7, 11) is 0. The minimum absolute atomic E-state index is 0.0194. The topological polar surface area (TPSA) is 87.7 Å². The average molecular weight is 187 g/mol. The van der Waals surface area contributed by atoms with E-state index < -0.39 is 11.6 Å². The van der Waals surface area contributed by atoms with Gasteiger partial charge in [-0.15, -0.1) is 0 Å². The zero-order chi connectivity index (χ0) is 10.6. The monoisotopic (exact) mass is 187 g/mol. The third-order valence-electron chi connectivity index (χ3n) is 2.19. The molecule has 4 N–H and O–H groups in total. The lowest BCUT2D eigenvalue weighted by molar-refractivity contribution is 0.0818. The summed E-state index contributed by atoms with van der Waals surface area (Å²) in [5.41, 5.74) is 6.30. The Balaban J connectivity index is 4.48. The standard InChI is InChI=1S/C8H17N3O2/c1-5(2)8(4,13)6(3)10-11-7(9)12/h5,13H,1-4H3,(H3,9,11,12)/b10-6+. The van der Waals surface area contributed by atoms with Crippen molar-refractivity contribution in [3.8, 4) is 0 Å². The van der Waals surface area contributed by atoms with Crippen molar-refractivity contribution in [1.82, 2.24) is 5.43 Å². The third kappa shape index (κ3) is 3.42. The van der Waals surface area contributed by atoms with Gasteiger partial charge in [-0.3, -0.25) is 0 Å². The van der Waals surface area contributed by atoms with Gasteiger partial charge in [-0.05, 0) is 19.8 Å². The molecule has 0 saturated heterocycles. The molecule has 5 nitrogen and oxygen atoms in total. The van der Waals surface area contributed by atoms with E-state index in [0.717, 1.165) is 0 Å². The van der Waals surface area contributed by atoms with Gasteiger partial charge in [-0.1, -0.05) is 13.8 Å². The zero-order valence-corrected chi connectivity index (χ0v) is 8.46. The molecule has 0 fully saturated rings. The molecule has 0 rings (SSSR count). The summed E-state index contributed by atoms with van der Waals surface area (Å²) in [6, 6.07) is -0.737. The molecular weight excluding hydrogens is 170 g/mol. The van der Waals surface area contributed by atoms with E-state index in [9.17, 15) is 9.90 Å².